The molecule has 0 spiro atoms. The van der Waals surface area contributed by atoms with Crippen molar-refractivity contribution in [1.82, 2.24) is 10.2 Å². The number of nitrogen functional groups attached to an aromatic ring is 1. The lowest BCUT2D eigenvalue weighted by atomic mass is 10.2. The summed E-state index contributed by atoms with van der Waals surface area (Å²) in [5.74, 6) is -0.394. The molecule has 6 heteroatoms. The van der Waals surface area contributed by atoms with Crippen LogP contribution in [0.1, 0.15) is 10.4 Å². The van der Waals surface area contributed by atoms with Gasteiger partial charge in [-0.05, 0) is 12.1 Å². The largest absolute Gasteiger partial charge is 0.396 e. The van der Waals surface area contributed by atoms with Gasteiger partial charge in [-0.25, -0.2) is 5.10 Å². The first-order chi connectivity index (χ1) is 8.18. The highest BCUT2D eigenvalue weighted by molar-refractivity contribution is 6.05. The van der Waals surface area contributed by atoms with E-state index in [-0.39, 0.29) is 11.4 Å². The average molecular weight is 230 g/mol. The SMILES string of the molecule is Nc1cn[nH]c(=O)c1NC(=O)c1ccccc1. The number of carbonyl (C=O) groups is 1. The number of nitrogens with one attached hydrogen (secondary N) is 2. The zero-order valence-electron chi connectivity index (χ0n) is 8.81. The summed E-state index contributed by atoms with van der Waals surface area (Å²) in [5.41, 5.74) is 5.60. The molecule has 0 saturated heterocycles. The van der Waals surface area contributed by atoms with E-state index >= 15 is 0 Å². The van der Waals surface area contributed by atoms with Crippen molar-refractivity contribution in [2.75, 3.05) is 11.1 Å². The number of hydrogen-bond donors (Lipinski definition) is 3. The molecule has 0 radical (unpaired) electrons. The van der Waals surface area contributed by atoms with Gasteiger partial charge < -0.3 is 11.1 Å². The Bertz CT molecular complexity index is 592. The Hall–Kier alpha value is -2.63. The quantitative estimate of drug-likeness (QED) is 0.703. The van der Waals surface area contributed by atoms with E-state index in [1.807, 2.05) is 0 Å². The van der Waals surface area contributed by atoms with Crippen molar-refractivity contribution in [3.63, 3.8) is 0 Å². The molecule has 6 nitrogen and oxygen atoms in total. The van der Waals surface area contributed by atoms with Crippen molar-refractivity contribution in [1.29, 1.82) is 0 Å². The predicted molar refractivity (Wildman–Crippen MR) is 63.7 cm³/mol. The van der Waals surface area contributed by atoms with Crippen LogP contribution in [-0.2, 0) is 0 Å². The number of nitrogens with two attached hydrogens (primary N) is 1. The van der Waals surface area contributed by atoms with Gasteiger partial charge in [0.2, 0.25) is 0 Å². The first-order valence-corrected chi connectivity index (χ1v) is 4.88. The van der Waals surface area contributed by atoms with E-state index in [9.17, 15) is 9.59 Å². The number of rotatable bonds is 2. The smallest absolute Gasteiger partial charge is 0.290 e. The van der Waals surface area contributed by atoms with Crippen LogP contribution in [0.15, 0.2) is 41.3 Å². The Kier molecular flexibility index (Phi) is 2.87. The normalized spacial score (nSPS) is 9.88. The fourth-order valence-corrected chi connectivity index (χ4v) is 1.32. The van der Waals surface area contributed by atoms with E-state index in [1.54, 1.807) is 30.3 Å². The van der Waals surface area contributed by atoms with Gasteiger partial charge in [0.25, 0.3) is 11.5 Å². The summed E-state index contributed by atoms with van der Waals surface area (Å²) in [6.07, 6.45) is 1.27. The van der Waals surface area contributed by atoms with Crippen LogP contribution in [0.3, 0.4) is 0 Å². The number of aromatic nitrogens is 2. The molecule has 0 bridgehead atoms. The molecule has 1 amide bonds. The van der Waals surface area contributed by atoms with Gasteiger partial charge in [0.15, 0.2) is 0 Å². The highest BCUT2D eigenvalue weighted by Crippen LogP contribution is 2.11. The van der Waals surface area contributed by atoms with E-state index in [1.165, 1.54) is 6.20 Å². The Morgan fingerprint density at radius 3 is 2.65 bits per heavy atom. The van der Waals surface area contributed by atoms with Gasteiger partial charge in [0.1, 0.15) is 5.69 Å². The lowest BCUT2D eigenvalue weighted by Crippen LogP contribution is -2.22. The summed E-state index contributed by atoms with van der Waals surface area (Å²) in [4.78, 5) is 23.2. The van der Waals surface area contributed by atoms with Gasteiger partial charge >= 0.3 is 0 Å². The second kappa shape index (κ2) is 4.48. The van der Waals surface area contributed by atoms with Crippen LogP contribution in [0, 0.1) is 0 Å². The minimum absolute atomic E-state index is 0.00820. The molecule has 1 aromatic carbocycles. The number of amides is 1. The standard InChI is InChI=1S/C11H10N4O2/c12-8-6-13-15-11(17)9(8)14-10(16)7-4-2-1-3-5-7/h1-6H,(H3,12,15,17)(H,13,14,16). The Morgan fingerprint density at radius 2 is 2.00 bits per heavy atom. The first-order valence-electron chi connectivity index (χ1n) is 4.88. The molecule has 17 heavy (non-hydrogen) atoms. The van der Waals surface area contributed by atoms with Crippen molar-refractivity contribution in [3.8, 4) is 0 Å². The van der Waals surface area contributed by atoms with E-state index in [2.05, 4.69) is 15.5 Å². The number of nitrogens with zero attached hydrogens (tertiary/aromatic N) is 1. The summed E-state index contributed by atoms with van der Waals surface area (Å²) in [6, 6.07) is 8.54. The number of anilines is 2. The van der Waals surface area contributed by atoms with Crippen LogP contribution in [-0.4, -0.2) is 16.1 Å². The van der Waals surface area contributed by atoms with Crippen LogP contribution in [0.4, 0.5) is 11.4 Å². The minimum Gasteiger partial charge on any atom is -0.396 e. The molecule has 0 saturated carbocycles. The van der Waals surface area contributed by atoms with Crippen molar-refractivity contribution in [2.45, 2.75) is 0 Å². The molecular formula is C11H10N4O2. The maximum atomic E-state index is 11.8. The maximum absolute atomic E-state index is 11.8. The second-order valence-electron chi connectivity index (χ2n) is 3.35. The van der Waals surface area contributed by atoms with Crippen molar-refractivity contribution < 1.29 is 4.79 Å². The van der Waals surface area contributed by atoms with Crippen LogP contribution in [0.25, 0.3) is 0 Å². The topological polar surface area (TPSA) is 101 Å². The van der Waals surface area contributed by atoms with Gasteiger partial charge in [-0.15, -0.1) is 0 Å². The number of carbonyl (C=O) groups excluding carboxylic acids is 1. The molecule has 0 aliphatic heterocycles. The molecule has 86 valence electrons. The summed E-state index contributed by atoms with van der Waals surface area (Å²) < 4.78 is 0. The molecule has 0 unspecified atom stereocenters. The van der Waals surface area contributed by atoms with Crippen LogP contribution in [0.2, 0.25) is 0 Å². The maximum Gasteiger partial charge on any atom is 0.290 e. The molecule has 0 fully saturated rings. The van der Waals surface area contributed by atoms with E-state index in [4.69, 9.17) is 5.73 Å². The van der Waals surface area contributed by atoms with E-state index in [0.717, 1.165) is 0 Å². The van der Waals surface area contributed by atoms with Crippen molar-refractivity contribution >= 4 is 17.3 Å². The molecule has 0 aliphatic rings. The van der Waals surface area contributed by atoms with Gasteiger partial charge in [0.05, 0.1) is 11.9 Å². The fourth-order valence-electron chi connectivity index (χ4n) is 1.32. The highest BCUT2D eigenvalue weighted by atomic mass is 16.2. The monoisotopic (exact) mass is 230 g/mol. The Balaban J connectivity index is 2.28. The van der Waals surface area contributed by atoms with Gasteiger partial charge in [-0.3, -0.25) is 9.59 Å². The third-order valence-electron chi connectivity index (χ3n) is 2.16. The molecular weight excluding hydrogens is 220 g/mol. The molecule has 0 atom stereocenters. The zero-order chi connectivity index (χ0) is 12.3. The lowest BCUT2D eigenvalue weighted by Gasteiger charge is -2.05. The van der Waals surface area contributed by atoms with Gasteiger partial charge in [-0.2, -0.15) is 5.10 Å². The molecule has 2 rings (SSSR count). The van der Waals surface area contributed by atoms with Crippen molar-refractivity contribution in [3.05, 3.63) is 52.4 Å². The number of hydrogen-bond acceptors (Lipinski definition) is 4. The molecule has 1 aromatic heterocycles. The van der Waals surface area contributed by atoms with Crippen LogP contribution >= 0.6 is 0 Å². The third kappa shape index (κ3) is 2.31. The molecule has 2 aromatic rings. The fraction of sp³-hybridized carbons (Fsp3) is 0. The summed E-state index contributed by atoms with van der Waals surface area (Å²) in [7, 11) is 0. The van der Waals surface area contributed by atoms with Gasteiger partial charge in [-0.1, -0.05) is 18.2 Å². The van der Waals surface area contributed by atoms with Gasteiger partial charge in [0, 0.05) is 5.56 Å². The predicted octanol–water partition coefficient (Wildman–Crippen LogP) is 0.604. The summed E-state index contributed by atoms with van der Waals surface area (Å²) in [6.45, 7) is 0. The first kappa shape index (κ1) is 10.9. The Morgan fingerprint density at radius 1 is 1.29 bits per heavy atom. The van der Waals surface area contributed by atoms with Crippen molar-refractivity contribution in [2.24, 2.45) is 0 Å². The summed E-state index contributed by atoms with van der Waals surface area (Å²) in [5, 5.41) is 8.16. The third-order valence-corrected chi connectivity index (χ3v) is 2.16. The lowest BCUT2D eigenvalue weighted by molar-refractivity contribution is 0.102. The highest BCUT2D eigenvalue weighted by Gasteiger charge is 2.10. The Labute approximate surface area is 96.5 Å². The molecule has 0 aliphatic carbocycles. The molecule has 4 N–H and O–H groups in total. The minimum atomic E-state index is -0.533. The second-order valence-corrected chi connectivity index (χ2v) is 3.35. The number of benzene rings is 1. The van der Waals surface area contributed by atoms with E-state index in [0.29, 0.717) is 5.56 Å². The summed E-state index contributed by atoms with van der Waals surface area (Å²) >= 11 is 0. The van der Waals surface area contributed by atoms with Crippen LogP contribution in [0.5, 0.6) is 0 Å². The molecule has 1 heterocycles. The average Bonchev–Trinajstić information content (AvgIpc) is 2.35. The number of H-pyrrole nitrogens is 1. The van der Waals surface area contributed by atoms with Crippen LogP contribution < -0.4 is 16.6 Å². The van der Waals surface area contributed by atoms with E-state index < -0.39 is 11.5 Å². The number of aromatic amines is 1. The zero-order valence-corrected chi connectivity index (χ0v) is 8.81.